The second-order valence-electron chi connectivity index (χ2n) is 2.84. The molecule has 1 rings (SSSR count). The molecule has 0 aromatic carbocycles. The predicted octanol–water partition coefficient (Wildman–Crippen LogP) is 1.54. The van der Waals surface area contributed by atoms with Crippen LogP contribution in [0.2, 0.25) is 0 Å². The highest BCUT2D eigenvalue weighted by Crippen LogP contribution is 2.12. The van der Waals surface area contributed by atoms with Crippen LogP contribution >= 0.6 is 0 Å². The molecular weight excluding hydrogens is 206 g/mol. The molecule has 0 unspecified atom stereocenters. The van der Waals surface area contributed by atoms with Gasteiger partial charge in [0.25, 0.3) is 0 Å². The Morgan fingerprint density at radius 1 is 1.60 bits per heavy atom. The number of hydrogen-bond acceptors (Lipinski definition) is 3. The lowest BCUT2D eigenvalue weighted by Gasteiger charge is -2.12. The van der Waals surface area contributed by atoms with Crippen LogP contribution in [0.5, 0.6) is 0 Å². The summed E-state index contributed by atoms with van der Waals surface area (Å²) in [6.45, 7) is 0.0372. The highest BCUT2D eigenvalue weighted by Gasteiger charge is 2.19. The third-order valence-corrected chi connectivity index (χ3v) is 1.86. The average Bonchev–Trinajstić information content (AvgIpc) is 2.69. The normalized spacial score (nSPS) is 10.7. The molecule has 0 saturated carbocycles. The third kappa shape index (κ3) is 2.51. The summed E-state index contributed by atoms with van der Waals surface area (Å²) in [5.41, 5.74) is 0.0668. The van der Waals surface area contributed by atoms with E-state index in [1.807, 2.05) is 0 Å². The van der Waals surface area contributed by atoms with Crippen molar-refractivity contribution in [2.24, 2.45) is 0 Å². The van der Waals surface area contributed by atoms with E-state index in [4.69, 9.17) is 4.74 Å². The maximum absolute atomic E-state index is 12.4. The molecule has 0 spiro atoms. The van der Waals surface area contributed by atoms with Crippen LogP contribution in [-0.2, 0) is 4.74 Å². The summed E-state index contributed by atoms with van der Waals surface area (Å²) >= 11 is 0. The first-order valence-electron chi connectivity index (χ1n) is 4.57. The van der Waals surface area contributed by atoms with Crippen molar-refractivity contribution in [3.63, 3.8) is 0 Å². The maximum Gasteiger partial charge on any atom is 0.356 e. The molecule has 0 aliphatic rings. The van der Waals surface area contributed by atoms with Crippen molar-refractivity contribution in [3.8, 4) is 0 Å². The van der Waals surface area contributed by atoms with Gasteiger partial charge in [0.15, 0.2) is 0 Å². The number of alkyl halides is 2. The molecule has 0 amide bonds. The zero-order valence-corrected chi connectivity index (χ0v) is 8.32. The second-order valence-corrected chi connectivity index (χ2v) is 2.84. The van der Waals surface area contributed by atoms with E-state index in [0.29, 0.717) is 0 Å². The fourth-order valence-corrected chi connectivity index (χ4v) is 1.14. The average molecular weight is 218 g/mol. The topological polar surface area (TPSA) is 44.1 Å². The lowest BCUT2D eigenvalue weighted by atomic mass is 10.3. The van der Waals surface area contributed by atoms with Crippen LogP contribution < -0.4 is 0 Å². The molecule has 0 atom stereocenters. The van der Waals surface area contributed by atoms with Gasteiger partial charge in [-0.2, -0.15) is 5.10 Å². The first-order chi connectivity index (χ1) is 7.24. The number of carbonyl (C=O) groups excluding carboxylic acids is 1. The van der Waals surface area contributed by atoms with E-state index in [1.165, 1.54) is 12.3 Å². The van der Waals surface area contributed by atoms with Gasteiger partial charge in [0.2, 0.25) is 0 Å². The number of ether oxygens (including phenoxy) is 1. The van der Waals surface area contributed by atoms with E-state index in [0.717, 1.165) is 4.68 Å². The van der Waals surface area contributed by atoms with E-state index in [1.54, 1.807) is 6.92 Å². The lowest BCUT2D eigenvalue weighted by Crippen LogP contribution is -2.21. The maximum atomic E-state index is 12.4. The lowest BCUT2D eigenvalue weighted by molar-refractivity contribution is 0.0506. The summed E-state index contributed by atoms with van der Waals surface area (Å²) in [4.78, 5) is 11.3. The Labute approximate surface area is 85.8 Å². The molecule has 0 aliphatic carbocycles. The molecule has 1 aromatic heterocycles. The van der Waals surface area contributed by atoms with Gasteiger partial charge in [-0.3, -0.25) is 0 Å². The standard InChI is InChI=1S/C9H12F2N2O2/c1-2-15-9(14)8-3-4-12-13(8)7(5-10)6-11/h3-4,7H,2,5-6H2,1H3. The number of esters is 1. The van der Waals surface area contributed by atoms with E-state index >= 15 is 0 Å². The van der Waals surface area contributed by atoms with Crippen LogP contribution in [0.3, 0.4) is 0 Å². The Hall–Kier alpha value is -1.46. The van der Waals surface area contributed by atoms with Gasteiger partial charge >= 0.3 is 5.97 Å². The van der Waals surface area contributed by atoms with Gasteiger partial charge in [0, 0.05) is 6.20 Å². The minimum Gasteiger partial charge on any atom is -0.461 e. The van der Waals surface area contributed by atoms with Crippen LogP contribution in [0.4, 0.5) is 8.78 Å². The first-order valence-corrected chi connectivity index (χ1v) is 4.57. The van der Waals surface area contributed by atoms with E-state index in [9.17, 15) is 13.6 Å². The number of nitrogens with zero attached hydrogens (tertiary/aromatic N) is 2. The van der Waals surface area contributed by atoms with Gasteiger partial charge in [-0.05, 0) is 13.0 Å². The van der Waals surface area contributed by atoms with E-state index < -0.39 is 25.4 Å². The van der Waals surface area contributed by atoms with Crippen molar-refractivity contribution in [1.29, 1.82) is 0 Å². The number of rotatable bonds is 5. The summed E-state index contributed by atoms with van der Waals surface area (Å²) < 4.78 is 30.5. The minimum atomic E-state index is -1.06. The van der Waals surface area contributed by atoms with Crippen LogP contribution in [0, 0.1) is 0 Å². The number of carbonyl (C=O) groups is 1. The Morgan fingerprint density at radius 3 is 2.80 bits per heavy atom. The van der Waals surface area contributed by atoms with E-state index in [2.05, 4.69) is 5.10 Å². The Bertz CT molecular complexity index is 324. The third-order valence-electron chi connectivity index (χ3n) is 1.86. The highest BCUT2D eigenvalue weighted by molar-refractivity contribution is 5.87. The second kappa shape index (κ2) is 5.43. The van der Waals surface area contributed by atoms with Crippen molar-refractivity contribution >= 4 is 5.97 Å². The number of hydrogen-bond donors (Lipinski definition) is 0. The molecule has 1 aromatic rings. The van der Waals surface area contributed by atoms with Crippen molar-refractivity contribution in [2.75, 3.05) is 20.0 Å². The molecular formula is C9H12F2N2O2. The summed E-state index contributed by atoms with van der Waals surface area (Å²) in [7, 11) is 0. The molecule has 84 valence electrons. The minimum absolute atomic E-state index is 0.0668. The van der Waals surface area contributed by atoms with Crippen LogP contribution in [0.15, 0.2) is 12.3 Å². The Kier molecular flexibility index (Phi) is 4.20. The Morgan fingerprint density at radius 2 is 2.27 bits per heavy atom. The van der Waals surface area contributed by atoms with Gasteiger partial charge in [-0.25, -0.2) is 18.3 Å². The summed E-state index contributed by atoms with van der Waals surface area (Å²) in [6, 6.07) is 0.315. The van der Waals surface area contributed by atoms with Crippen molar-refractivity contribution in [2.45, 2.75) is 13.0 Å². The van der Waals surface area contributed by atoms with Crippen molar-refractivity contribution in [3.05, 3.63) is 18.0 Å². The molecule has 15 heavy (non-hydrogen) atoms. The Balaban J connectivity index is 2.89. The molecule has 1 heterocycles. The monoisotopic (exact) mass is 218 g/mol. The molecule has 0 saturated heterocycles. The molecule has 0 bridgehead atoms. The quantitative estimate of drug-likeness (QED) is 0.704. The van der Waals surface area contributed by atoms with Gasteiger partial charge in [0.1, 0.15) is 25.1 Å². The molecule has 6 heteroatoms. The zero-order valence-electron chi connectivity index (χ0n) is 8.32. The van der Waals surface area contributed by atoms with Gasteiger partial charge in [-0.15, -0.1) is 0 Å². The highest BCUT2D eigenvalue weighted by atomic mass is 19.1. The van der Waals surface area contributed by atoms with Crippen molar-refractivity contribution in [1.82, 2.24) is 9.78 Å². The fraction of sp³-hybridized carbons (Fsp3) is 0.556. The molecule has 0 N–H and O–H groups in total. The largest absolute Gasteiger partial charge is 0.461 e. The summed E-state index contributed by atoms with van der Waals surface area (Å²) in [5, 5.41) is 3.70. The fourth-order valence-electron chi connectivity index (χ4n) is 1.14. The predicted molar refractivity (Wildman–Crippen MR) is 49.2 cm³/mol. The number of halogens is 2. The van der Waals surface area contributed by atoms with Crippen LogP contribution in [0.1, 0.15) is 23.5 Å². The molecule has 0 fully saturated rings. The first kappa shape index (κ1) is 11.6. The number of aromatic nitrogens is 2. The summed E-state index contributed by atoms with van der Waals surface area (Å²) in [6.07, 6.45) is 1.31. The van der Waals surface area contributed by atoms with Gasteiger partial charge in [-0.1, -0.05) is 0 Å². The van der Waals surface area contributed by atoms with Gasteiger partial charge in [0.05, 0.1) is 6.61 Å². The van der Waals surface area contributed by atoms with Crippen LogP contribution in [0.25, 0.3) is 0 Å². The smallest absolute Gasteiger partial charge is 0.356 e. The molecule has 0 radical (unpaired) electrons. The molecule has 0 aliphatic heterocycles. The van der Waals surface area contributed by atoms with Crippen LogP contribution in [-0.4, -0.2) is 35.7 Å². The molecule has 4 nitrogen and oxygen atoms in total. The van der Waals surface area contributed by atoms with E-state index in [-0.39, 0.29) is 12.3 Å². The zero-order chi connectivity index (χ0) is 11.3. The SMILES string of the molecule is CCOC(=O)c1ccnn1C(CF)CF. The summed E-state index contributed by atoms with van der Waals surface area (Å²) in [5.74, 6) is -0.623. The van der Waals surface area contributed by atoms with Crippen molar-refractivity contribution < 1.29 is 18.3 Å². The van der Waals surface area contributed by atoms with Gasteiger partial charge < -0.3 is 4.74 Å².